The van der Waals surface area contributed by atoms with Crippen LogP contribution in [0.4, 0.5) is 14.5 Å². The molecule has 0 aliphatic carbocycles. The molecule has 2 heterocycles. The van der Waals surface area contributed by atoms with Gasteiger partial charge in [-0.25, -0.2) is 17.2 Å². The number of amides is 1. The highest BCUT2D eigenvalue weighted by Crippen LogP contribution is 2.34. The summed E-state index contributed by atoms with van der Waals surface area (Å²) in [5.41, 5.74) is 0.609. The maximum atomic E-state index is 14.5. The number of rotatable bonds is 3. The first-order chi connectivity index (χ1) is 13.9. The van der Waals surface area contributed by atoms with Crippen molar-refractivity contribution >= 4 is 21.6 Å². The monoisotopic (exact) mass is 420 g/mol. The molecule has 1 amide bonds. The van der Waals surface area contributed by atoms with Crippen LogP contribution >= 0.6 is 0 Å². The first-order valence-corrected chi connectivity index (χ1v) is 11.2. The summed E-state index contributed by atoms with van der Waals surface area (Å²) in [5.74, 6) is -2.27. The van der Waals surface area contributed by atoms with E-state index in [1.165, 1.54) is 27.4 Å². The molecule has 2 aliphatic rings. The average Bonchev–Trinajstić information content (AvgIpc) is 2.73. The molecule has 8 heteroatoms. The third kappa shape index (κ3) is 3.79. The number of aryl methyl sites for hydroxylation is 1. The molecule has 154 valence electrons. The van der Waals surface area contributed by atoms with E-state index in [4.69, 9.17) is 0 Å². The highest BCUT2D eigenvalue weighted by atomic mass is 32.2. The Balaban J connectivity index is 1.58. The highest BCUT2D eigenvalue weighted by Gasteiger charge is 2.37. The van der Waals surface area contributed by atoms with E-state index in [1.54, 1.807) is 18.2 Å². The molecule has 0 bridgehead atoms. The van der Waals surface area contributed by atoms with Gasteiger partial charge < -0.3 is 4.90 Å². The molecule has 1 fully saturated rings. The van der Waals surface area contributed by atoms with Gasteiger partial charge >= 0.3 is 0 Å². The Bertz CT molecular complexity index is 1030. The Kier molecular flexibility index (Phi) is 5.40. The number of sulfonamides is 1. The second-order valence-corrected chi connectivity index (χ2v) is 9.44. The molecule has 0 saturated carbocycles. The summed E-state index contributed by atoms with van der Waals surface area (Å²) < 4.78 is 55.2. The molecule has 1 atom stereocenters. The molecule has 1 saturated heterocycles. The van der Waals surface area contributed by atoms with Gasteiger partial charge in [0.1, 0.15) is 11.6 Å². The van der Waals surface area contributed by atoms with Crippen LogP contribution in [0, 0.1) is 17.6 Å². The van der Waals surface area contributed by atoms with E-state index in [2.05, 4.69) is 0 Å². The van der Waals surface area contributed by atoms with E-state index in [9.17, 15) is 22.0 Å². The average molecular weight is 420 g/mol. The number of benzene rings is 2. The lowest BCUT2D eigenvalue weighted by molar-refractivity contribution is -0.123. The number of nitrogens with zero attached hydrogens (tertiary/aromatic N) is 2. The maximum Gasteiger partial charge on any atom is 0.243 e. The fourth-order valence-electron chi connectivity index (χ4n) is 4.20. The van der Waals surface area contributed by atoms with E-state index in [-0.39, 0.29) is 23.0 Å². The largest absolute Gasteiger partial charge is 0.309 e. The van der Waals surface area contributed by atoms with Crippen LogP contribution in [0.25, 0.3) is 0 Å². The normalized spacial score (nSPS) is 20.3. The molecule has 29 heavy (non-hydrogen) atoms. The first kappa shape index (κ1) is 20.0. The van der Waals surface area contributed by atoms with Crippen molar-refractivity contribution in [3.05, 3.63) is 59.7 Å². The van der Waals surface area contributed by atoms with Crippen molar-refractivity contribution in [1.82, 2.24) is 4.31 Å². The predicted octanol–water partition coefficient (Wildman–Crippen LogP) is 3.34. The molecule has 0 N–H and O–H groups in total. The van der Waals surface area contributed by atoms with Gasteiger partial charge in [-0.2, -0.15) is 4.31 Å². The molecule has 2 aliphatic heterocycles. The number of hydrogen-bond acceptors (Lipinski definition) is 3. The first-order valence-electron chi connectivity index (χ1n) is 9.72. The zero-order valence-corrected chi connectivity index (χ0v) is 16.7. The summed E-state index contributed by atoms with van der Waals surface area (Å²) in [6.45, 7) is 0.748. The van der Waals surface area contributed by atoms with Crippen molar-refractivity contribution in [3.63, 3.8) is 0 Å². The summed E-state index contributed by atoms with van der Waals surface area (Å²) in [7, 11) is -3.69. The van der Waals surface area contributed by atoms with Gasteiger partial charge in [-0.05, 0) is 49.4 Å². The van der Waals surface area contributed by atoms with Crippen molar-refractivity contribution in [3.8, 4) is 0 Å². The molecule has 0 spiro atoms. The minimum absolute atomic E-state index is 0.0602. The van der Waals surface area contributed by atoms with Crippen molar-refractivity contribution in [2.24, 2.45) is 5.92 Å². The minimum atomic E-state index is -3.69. The lowest BCUT2D eigenvalue weighted by Crippen LogP contribution is -2.48. The van der Waals surface area contributed by atoms with E-state index >= 15 is 0 Å². The Morgan fingerprint density at radius 1 is 1.03 bits per heavy atom. The molecule has 4 rings (SSSR count). The maximum absolute atomic E-state index is 14.5. The molecule has 2 aromatic carbocycles. The number of fused-ring (bicyclic) bond motifs is 1. The number of carbonyl (C=O) groups is 1. The molecule has 2 aromatic rings. The molecule has 1 unspecified atom stereocenters. The van der Waals surface area contributed by atoms with Gasteiger partial charge in [-0.15, -0.1) is 0 Å². The van der Waals surface area contributed by atoms with Crippen molar-refractivity contribution < 1.29 is 22.0 Å². The summed E-state index contributed by atoms with van der Waals surface area (Å²) >= 11 is 0. The molecule has 0 aromatic heterocycles. The van der Waals surface area contributed by atoms with Gasteiger partial charge in [-0.3, -0.25) is 4.79 Å². The number of hydrogen-bond donors (Lipinski definition) is 0. The summed E-state index contributed by atoms with van der Waals surface area (Å²) in [4.78, 5) is 14.8. The van der Waals surface area contributed by atoms with E-state index in [1.807, 2.05) is 0 Å². The summed E-state index contributed by atoms with van der Waals surface area (Å²) in [6.07, 6.45) is 2.21. The Morgan fingerprint density at radius 3 is 2.55 bits per heavy atom. The topological polar surface area (TPSA) is 57.7 Å². The van der Waals surface area contributed by atoms with Crippen LogP contribution in [-0.4, -0.2) is 38.3 Å². The molecule has 0 radical (unpaired) electrons. The van der Waals surface area contributed by atoms with Gasteiger partial charge in [0.15, 0.2) is 0 Å². The number of carbonyl (C=O) groups excluding carboxylic acids is 1. The van der Waals surface area contributed by atoms with Crippen LogP contribution in [0.1, 0.15) is 24.8 Å². The SMILES string of the molecule is O=C(C1CCCN(S(=O)(=O)c2ccccc2)C1)N1CCCc2cc(F)cc(F)c21. The Morgan fingerprint density at radius 2 is 1.79 bits per heavy atom. The molecular weight excluding hydrogens is 398 g/mol. The van der Waals surface area contributed by atoms with Gasteiger partial charge in [0.2, 0.25) is 15.9 Å². The zero-order chi connectivity index (χ0) is 20.6. The van der Waals surface area contributed by atoms with Crippen LogP contribution in [0.3, 0.4) is 0 Å². The summed E-state index contributed by atoms with van der Waals surface area (Å²) in [5, 5.41) is 0. The van der Waals surface area contributed by atoms with E-state index in [0.717, 1.165) is 6.07 Å². The minimum Gasteiger partial charge on any atom is -0.309 e. The van der Waals surface area contributed by atoms with E-state index < -0.39 is 27.6 Å². The standard InChI is InChI=1S/C21H22F2N2O3S/c22-17-12-15-6-5-11-25(20(15)19(23)13-17)21(26)16-7-4-10-24(14-16)29(27,28)18-8-2-1-3-9-18/h1-3,8-9,12-13,16H,4-7,10-11,14H2. The molecule has 5 nitrogen and oxygen atoms in total. The lowest BCUT2D eigenvalue weighted by atomic mass is 9.95. The van der Waals surface area contributed by atoms with Crippen LogP contribution in [-0.2, 0) is 21.2 Å². The van der Waals surface area contributed by atoms with E-state index in [0.29, 0.717) is 44.3 Å². The van der Waals surface area contributed by atoms with Crippen molar-refractivity contribution in [1.29, 1.82) is 0 Å². The van der Waals surface area contributed by atoms with Crippen LogP contribution < -0.4 is 4.90 Å². The van der Waals surface area contributed by atoms with Crippen molar-refractivity contribution in [2.45, 2.75) is 30.6 Å². The quantitative estimate of drug-likeness (QED) is 0.765. The number of piperidine rings is 1. The fourth-order valence-corrected chi connectivity index (χ4v) is 5.74. The van der Waals surface area contributed by atoms with Crippen LogP contribution in [0.5, 0.6) is 0 Å². The second-order valence-electron chi connectivity index (χ2n) is 7.50. The summed E-state index contributed by atoms with van der Waals surface area (Å²) in [6, 6.07) is 10.2. The second kappa shape index (κ2) is 7.84. The van der Waals surface area contributed by atoms with Crippen molar-refractivity contribution in [2.75, 3.05) is 24.5 Å². The third-order valence-electron chi connectivity index (χ3n) is 5.59. The highest BCUT2D eigenvalue weighted by molar-refractivity contribution is 7.89. The van der Waals surface area contributed by atoms with Gasteiger partial charge in [0.05, 0.1) is 16.5 Å². The van der Waals surface area contributed by atoms with Gasteiger partial charge in [0.25, 0.3) is 0 Å². The van der Waals surface area contributed by atoms with Crippen LogP contribution in [0.15, 0.2) is 47.4 Å². The number of anilines is 1. The predicted molar refractivity (Wildman–Crippen MR) is 105 cm³/mol. The van der Waals surface area contributed by atoms with Crippen LogP contribution in [0.2, 0.25) is 0 Å². The van der Waals surface area contributed by atoms with Gasteiger partial charge in [-0.1, -0.05) is 18.2 Å². The Labute approximate surface area is 169 Å². The van der Waals surface area contributed by atoms with Gasteiger partial charge in [0, 0.05) is 25.7 Å². The third-order valence-corrected chi connectivity index (χ3v) is 7.46. The molecular formula is C21H22F2N2O3S. The fraction of sp³-hybridized carbons (Fsp3) is 0.381. The zero-order valence-electron chi connectivity index (χ0n) is 15.9. The lowest BCUT2D eigenvalue weighted by Gasteiger charge is -2.36. The Hall–Kier alpha value is -2.32. The smallest absolute Gasteiger partial charge is 0.243 e. The number of halogens is 2.